The molecule has 278 valence electrons. The number of hydrogen-bond acceptors (Lipinski definition) is 6. The van der Waals surface area contributed by atoms with Crippen LogP contribution in [0.15, 0.2) is 48.6 Å². The molecule has 0 radical (unpaired) electrons. The monoisotopic (exact) mass is 675 g/mol. The van der Waals surface area contributed by atoms with Gasteiger partial charge in [0.2, 0.25) is 0 Å². The normalized spacial score (nSPS) is 12.6. The molecule has 0 aliphatic heterocycles. The molecule has 0 rings (SSSR count). The molecule has 0 aromatic carbocycles. The van der Waals surface area contributed by atoms with Crippen LogP contribution in [0.4, 0.5) is 0 Å². The number of rotatable bonds is 36. The van der Waals surface area contributed by atoms with Gasteiger partial charge in [-0.2, -0.15) is 0 Å². The summed E-state index contributed by atoms with van der Waals surface area (Å²) in [6.45, 7) is 2.11. The smallest absolute Gasteiger partial charge is 0.306 e. The third-order valence-electron chi connectivity index (χ3n) is 8.43. The van der Waals surface area contributed by atoms with Crippen molar-refractivity contribution in [2.24, 2.45) is 0 Å². The van der Waals surface area contributed by atoms with Gasteiger partial charge in [0.25, 0.3) is 0 Å². The van der Waals surface area contributed by atoms with Gasteiger partial charge >= 0.3 is 11.9 Å². The number of aliphatic hydroxyl groups excluding tert-OH is 2. The fraction of sp³-hybridized carbons (Fsp3) is 0.762. The van der Waals surface area contributed by atoms with Crippen LogP contribution in [0, 0.1) is 0 Å². The van der Waals surface area contributed by atoms with E-state index in [9.17, 15) is 14.7 Å². The first-order valence-corrected chi connectivity index (χ1v) is 19.8. The van der Waals surface area contributed by atoms with Crippen molar-refractivity contribution in [3.05, 3.63) is 48.6 Å². The van der Waals surface area contributed by atoms with Crippen LogP contribution < -0.4 is 0 Å². The van der Waals surface area contributed by atoms with Gasteiger partial charge in [0, 0.05) is 19.4 Å². The molecule has 0 heterocycles. The zero-order chi connectivity index (χ0) is 35.0. The van der Waals surface area contributed by atoms with Crippen LogP contribution in [0.25, 0.3) is 0 Å². The van der Waals surface area contributed by atoms with E-state index in [4.69, 9.17) is 14.6 Å². The molecular formula is C42H74O6. The average Bonchev–Trinajstić information content (AvgIpc) is 3.09. The first kappa shape index (κ1) is 45.8. The summed E-state index contributed by atoms with van der Waals surface area (Å²) in [5.74, 6) is -0.668. The molecule has 0 aromatic heterocycles. The summed E-state index contributed by atoms with van der Waals surface area (Å²) >= 11 is 0. The van der Waals surface area contributed by atoms with Crippen LogP contribution in [0.2, 0.25) is 0 Å². The molecule has 0 spiro atoms. The van der Waals surface area contributed by atoms with Crippen molar-refractivity contribution in [3.63, 3.8) is 0 Å². The Morgan fingerprint density at radius 3 is 1.40 bits per heavy atom. The zero-order valence-corrected chi connectivity index (χ0v) is 30.9. The van der Waals surface area contributed by atoms with E-state index >= 15 is 0 Å². The molecule has 0 saturated carbocycles. The summed E-state index contributed by atoms with van der Waals surface area (Å²) in [4.78, 5) is 24.2. The van der Waals surface area contributed by atoms with Crippen molar-refractivity contribution in [3.8, 4) is 0 Å². The lowest BCUT2D eigenvalue weighted by molar-refractivity contribution is -0.161. The van der Waals surface area contributed by atoms with Crippen LogP contribution in [0.1, 0.15) is 180 Å². The SMILES string of the molecule is CCCCCCCCCCCCCCCCCCC(=O)OC[C@H](CO)OC(=O)CCC/C=C\C/C=C\C/C=C\C/C=C\CCCCCO. The second kappa shape index (κ2) is 39.3. The first-order chi connectivity index (χ1) is 23.6. The van der Waals surface area contributed by atoms with Gasteiger partial charge in [0.15, 0.2) is 6.10 Å². The van der Waals surface area contributed by atoms with E-state index in [0.29, 0.717) is 19.4 Å². The lowest BCUT2D eigenvalue weighted by atomic mass is 10.0. The quantitative estimate of drug-likeness (QED) is 0.0390. The minimum absolute atomic E-state index is 0.0931. The van der Waals surface area contributed by atoms with Gasteiger partial charge < -0.3 is 19.7 Å². The minimum Gasteiger partial charge on any atom is -0.462 e. The average molecular weight is 675 g/mol. The summed E-state index contributed by atoms with van der Waals surface area (Å²) in [7, 11) is 0. The Morgan fingerprint density at radius 1 is 0.500 bits per heavy atom. The Bertz CT molecular complexity index is 815. The molecule has 6 heteroatoms. The summed E-state index contributed by atoms with van der Waals surface area (Å²) in [5.41, 5.74) is 0. The Labute approximate surface area is 295 Å². The number of unbranched alkanes of at least 4 members (excludes halogenated alkanes) is 19. The second-order valence-electron chi connectivity index (χ2n) is 13.1. The maximum atomic E-state index is 12.1. The molecule has 6 nitrogen and oxygen atoms in total. The van der Waals surface area contributed by atoms with Crippen LogP contribution in [0.5, 0.6) is 0 Å². The standard InChI is InChI=1S/C42H74O6/c1-2-3-4-5-6-7-8-9-10-14-17-20-23-26-29-32-35-41(45)47-39-40(38-44)48-42(46)36-33-30-27-24-21-18-15-12-11-13-16-19-22-25-28-31-34-37-43/h11,13,15,18-19,22,24,27,40,43-44H,2-10,12,14,16-17,20-21,23,25-26,28-39H2,1H3/b13-11-,18-15-,22-19-,27-24-/t40-/m0/s1. The molecular weight excluding hydrogens is 600 g/mol. The summed E-state index contributed by atoms with van der Waals surface area (Å²) < 4.78 is 10.6. The first-order valence-electron chi connectivity index (χ1n) is 19.8. The van der Waals surface area contributed by atoms with Gasteiger partial charge in [0.05, 0.1) is 6.61 Å². The van der Waals surface area contributed by atoms with Crippen molar-refractivity contribution in [1.82, 2.24) is 0 Å². The van der Waals surface area contributed by atoms with Crippen LogP contribution >= 0.6 is 0 Å². The Kier molecular flexibility index (Phi) is 37.5. The number of hydrogen-bond donors (Lipinski definition) is 2. The highest BCUT2D eigenvalue weighted by atomic mass is 16.6. The minimum atomic E-state index is -0.805. The molecule has 2 N–H and O–H groups in total. The van der Waals surface area contributed by atoms with E-state index in [-0.39, 0.29) is 31.6 Å². The fourth-order valence-electron chi connectivity index (χ4n) is 5.41. The lowest BCUT2D eigenvalue weighted by Gasteiger charge is -2.15. The van der Waals surface area contributed by atoms with Gasteiger partial charge in [-0.1, -0.05) is 158 Å². The maximum Gasteiger partial charge on any atom is 0.306 e. The molecule has 0 aliphatic rings. The van der Waals surface area contributed by atoms with E-state index in [1.807, 2.05) is 0 Å². The zero-order valence-electron chi connectivity index (χ0n) is 30.9. The maximum absolute atomic E-state index is 12.1. The molecule has 0 fully saturated rings. The van der Waals surface area contributed by atoms with Gasteiger partial charge in [-0.15, -0.1) is 0 Å². The molecule has 1 atom stereocenters. The van der Waals surface area contributed by atoms with Crippen LogP contribution in [-0.4, -0.2) is 48.1 Å². The third kappa shape index (κ3) is 36.7. The number of aliphatic hydroxyl groups is 2. The van der Waals surface area contributed by atoms with E-state index < -0.39 is 6.10 Å². The molecule has 0 saturated heterocycles. The predicted octanol–water partition coefficient (Wildman–Crippen LogP) is 11.2. The van der Waals surface area contributed by atoms with Crippen molar-refractivity contribution < 1.29 is 29.3 Å². The predicted molar refractivity (Wildman–Crippen MR) is 202 cm³/mol. The van der Waals surface area contributed by atoms with E-state index in [1.165, 1.54) is 83.5 Å². The van der Waals surface area contributed by atoms with Gasteiger partial charge in [-0.3, -0.25) is 9.59 Å². The number of carbonyl (C=O) groups excluding carboxylic acids is 2. The van der Waals surface area contributed by atoms with Crippen molar-refractivity contribution >= 4 is 11.9 Å². The Hall–Kier alpha value is -2.18. The number of ether oxygens (including phenoxy) is 2. The Balaban J connectivity index is 3.64. The van der Waals surface area contributed by atoms with Crippen molar-refractivity contribution in [2.45, 2.75) is 186 Å². The van der Waals surface area contributed by atoms with Crippen molar-refractivity contribution in [1.29, 1.82) is 0 Å². The van der Waals surface area contributed by atoms with E-state index in [1.54, 1.807) is 0 Å². The fourth-order valence-corrected chi connectivity index (χ4v) is 5.41. The molecule has 0 amide bonds. The summed E-state index contributed by atoms with van der Waals surface area (Å²) in [6, 6.07) is 0. The Morgan fingerprint density at radius 2 is 0.917 bits per heavy atom. The highest BCUT2D eigenvalue weighted by molar-refractivity contribution is 5.70. The van der Waals surface area contributed by atoms with Crippen molar-refractivity contribution in [2.75, 3.05) is 19.8 Å². The second-order valence-corrected chi connectivity index (χ2v) is 13.1. The van der Waals surface area contributed by atoms with Gasteiger partial charge in [0.1, 0.15) is 6.61 Å². The van der Waals surface area contributed by atoms with E-state index in [2.05, 4.69) is 55.5 Å². The lowest BCUT2D eigenvalue weighted by Crippen LogP contribution is -2.28. The highest BCUT2D eigenvalue weighted by Gasteiger charge is 2.15. The van der Waals surface area contributed by atoms with Gasteiger partial charge in [-0.05, 0) is 57.8 Å². The van der Waals surface area contributed by atoms with Crippen LogP contribution in [-0.2, 0) is 19.1 Å². The summed E-state index contributed by atoms with van der Waals surface area (Å²) in [6.07, 6.45) is 46.1. The molecule has 0 unspecified atom stereocenters. The topological polar surface area (TPSA) is 93.1 Å². The summed E-state index contributed by atoms with van der Waals surface area (Å²) in [5, 5.41) is 18.3. The number of esters is 2. The number of allylic oxidation sites excluding steroid dienone is 8. The molecule has 0 bridgehead atoms. The molecule has 0 aliphatic carbocycles. The largest absolute Gasteiger partial charge is 0.462 e. The molecule has 48 heavy (non-hydrogen) atoms. The highest BCUT2D eigenvalue weighted by Crippen LogP contribution is 2.14. The van der Waals surface area contributed by atoms with Crippen LogP contribution in [0.3, 0.4) is 0 Å². The van der Waals surface area contributed by atoms with E-state index in [0.717, 1.165) is 70.6 Å². The third-order valence-corrected chi connectivity index (χ3v) is 8.43. The van der Waals surface area contributed by atoms with Gasteiger partial charge in [-0.25, -0.2) is 0 Å². The number of carbonyl (C=O) groups is 2. The molecule has 0 aromatic rings.